The van der Waals surface area contributed by atoms with Crippen LogP contribution >= 0.6 is 0 Å². The first-order valence-corrected chi connectivity index (χ1v) is 5.98. The average molecular weight is 220 g/mol. The summed E-state index contributed by atoms with van der Waals surface area (Å²) in [6.07, 6.45) is 4.28. The smallest absolute Gasteiger partial charge is 0.225 e. The third-order valence-corrected chi connectivity index (χ3v) is 3.40. The van der Waals surface area contributed by atoms with E-state index < -0.39 is 0 Å². The summed E-state index contributed by atoms with van der Waals surface area (Å²) in [6, 6.07) is 2.31. The minimum absolute atomic E-state index is 0.385. The number of hydrogen-bond acceptors (Lipinski definition) is 4. The van der Waals surface area contributed by atoms with Crippen LogP contribution in [-0.2, 0) is 0 Å². The summed E-state index contributed by atoms with van der Waals surface area (Å²) in [5.41, 5.74) is 6.88. The van der Waals surface area contributed by atoms with Crippen molar-refractivity contribution in [3.05, 3.63) is 18.0 Å². The molecule has 0 aliphatic carbocycles. The van der Waals surface area contributed by atoms with Crippen LogP contribution in [0.1, 0.15) is 25.5 Å². The van der Waals surface area contributed by atoms with E-state index in [9.17, 15) is 0 Å². The standard InChI is InChI=1S/C12H20N4/c1-9-4-3-7-16(11(9)8-13)12-14-6-5-10(2)15-12/h5-6,9,11H,3-4,7-8,13H2,1-2H3. The Morgan fingerprint density at radius 1 is 1.56 bits per heavy atom. The maximum absolute atomic E-state index is 5.86. The summed E-state index contributed by atoms with van der Waals surface area (Å²) in [5, 5.41) is 0. The molecule has 2 atom stereocenters. The van der Waals surface area contributed by atoms with Crippen molar-refractivity contribution < 1.29 is 0 Å². The van der Waals surface area contributed by atoms with Crippen molar-refractivity contribution in [3.8, 4) is 0 Å². The van der Waals surface area contributed by atoms with Crippen molar-refractivity contribution in [2.75, 3.05) is 18.0 Å². The molecule has 1 saturated heterocycles. The van der Waals surface area contributed by atoms with Gasteiger partial charge >= 0.3 is 0 Å². The van der Waals surface area contributed by atoms with E-state index in [1.165, 1.54) is 12.8 Å². The van der Waals surface area contributed by atoms with Gasteiger partial charge in [-0.2, -0.15) is 0 Å². The van der Waals surface area contributed by atoms with E-state index >= 15 is 0 Å². The van der Waals surface area contributed by atoms with Crippen LogP contribution in [0.4, 0.5) is 5.95 Å². The van der Waals surface area contributed by atoms with Crippen LogP contribution in [0.2, 0.25) is 0 Å². The van der Waals surface area contributed by atoms with Crippen LogP contribution in [0.5, 0.6) is 0 Å². The van der Waals surface area contributed by atoms with E-state index in [0.29, 0.717) is 18.5 Å². The lowest BCUT2D eigenvalue weighted by Crippen LogP contribution is -2.49. The molecule has 0 aromatic carbocycles. The van der Waals surface area contributed by atoms with Crippen LogP contribution in [0, 0.1) is 12.8 Å². The molecule has 1 fully saturated rings. The topological polar surface area (TPSA) is 55.0 Å². The Labute approximate surface area is 96.9 Å². The molecule has 0 saturated carbocycles. The lowest BCUT2D eigenvalue weighted by Gasteiger charge is -2.39. The Hall–Kier alpha value is -1.16. The van der Waals surface area contributed by atoms with Crippen molar-refractivity contribution in [2.24, 2.45) is 11.7 Å². The molecule has 16 heavy (non-hydrogen) atoms. The second-order valence-corrected chi connectivity index (χ2v) is 4.61. The normalized spacial score (nSPS) is 25.8. The Kier molecular flexibility index (Phi) is 3.39. The first-order valence-electron chi connectivity index (χ1n) is 5.98. The predicted octanol–water partition coefficient (Wildman–Crippen LogP) is 1.35. The van der Waals surface area contributed by atoms with Gasteiger partial charge in [0.15, 0.2) is 0 Å². The van der Waals surface area contributed by atoms with Gasteiger partial charge in [0.1, 0.15) is 0 Å². The first-order chi connectivity index (χ1) is 7.72. The van der Waals surface area contributed by atoms with E-state index in [-0.39, 0.29) is 0 Å². The maximum atomic E-state index is 5.86. The molecule has 4 heteroatoms. The molecule has 4 nitrogen and oxygen atoms in total. The minimum atomic E-state index is 0.385. The molecule has 1 aliphatic rings. The summed E-state index contributed by atoms with van der Waals surface area (Å²) in [6.45, 7) is 5.96. The van der Waals surface area contributed by atoms with Crippen molar-refractivity contribution in [2.45, 2.75) is 32.7 Å². The molecule has 1 aliphatic heterocycles. The lowest BCUT2D eigenvalue weighted by atomic mass is 9.91. The van der Waals surface area contributed by atoms with Crippen molar-refractivity contribution in [3.63, 3.8) is 0 Å². The van der Waals surface area contributed by atoms with Gasteiger partial charge in [-0.3, -0.25) is 0 Å². The summed E-state index contributed by atoms with van der Waals surface area (Å²) < 4.78 is 0. The van der Waals surface area contributed by atoms with Gasteiger partial charge in [0.05, 0.1) is 0 Å². The van der Waals surface area contributed by atoms with Crippen LogP contribution in [0.15, 0.2) is 12.3 Å². The fraction of sp³-hybridized carbons (Fsp3) is 0.667. The van der Waals surface area contributed by atoms with Crippen LogP contribution in [-0.4, -0.2) is 29.1 Å². The molecule has 0 bridgehead atoms. The second-order valence-electron chi connectivity index (χ2n) is 4.61. The molecule has 0 amide bonds. The van der Waals surface area contributed by atoms with Crippen LogP contribution in [0.3, 0.4) is 0 Å². The number of aromatic nitrogens is 2. The molecule has 2 unspecified atom stereocenters. The van der Waals surface area contributed by atoms with Crippen molar-refractivity contribution in [1.82, 2.24) is 9.97 Å². The molecule has 1 aromatic heterocycles. The molecule has 0 spiro atoms. The van der Waals surface area contributed by atoms with E-state index in [1.807, 2.05) is 19.2 Å². The molecular weight excluding hydrogens is 200 g/mol. The Balaban J connectivity index is 2.24. The largest absolute Gasteiger partial charge is 0.336 e. The van der Waals surface area contributed by atoms with Gasteiger partial charge < -0.3 is 10.6 Å². The number of piperidine rings is 1. The SMILES string of the molecule is Cc1ccnc(N2CCCC(C)C2CN)n1. The van der Waals surface area contributed by atoms with Gasteiger partial charge in [0, 0.05) is 31.0 Å². The van der Waals surface area contributed by atoms with E-state index in [4.69, 9.17) is 5.73 Å². The highest BCUT2D eigenvalue weighted by Crippen LogP contribution is 2.25. The van der Waals surface area contributed by atoms with E-state index in [1.54, 1.807) is 0 Å². The van der Waals surface area contributed by atoms with Crippen LogP contribution < -0.4 is 10.6 Å². The van der Waals surface area contributed by atoms with Gasteiger partial charge in [0.25, 0.3) is 0 Å². The molecule has 88 valence electrons. The highest BCUT2D eigenvalue weighted by Gasteiger charge is 2.28. The number of nitrogens with two attached hydrogens (primary N) is 1. The molecule has 2 rings (SSSR count). The monoisotopic (exact) mass is 220 g/mol. The fourth-order valence-electron chi connectivity index (χ4n) is 2.43. The Morgan fingerprint density at radius 2 is 2.38 bits per heavy atom. The lowest BCUT2D eigenvalue weighted by molar-refractivity contribution is 0.345. The quantitative estimate of drug-likeness (QED) is 0.817. The number of nitrogens with zero attached hydrogens (tertiary/aromatic N) is 3. The second kappa shape index (κ2) is 4.78. The minimum Gasteiger partial charge on any atom is -0.336 e. The highest BCUT2D eigenvalue weighted by molar-refractivity contribution is 5.33. The summed E-state index contributed by atoms with van der Waals surface area (Å²) in [5.74, 6) is 1.46. The molecule has 0 radical (unpaired) electrons. The van der Waals surface area contributed by atoms with Gasteiger partial charge in [-0.05, 0) is 31.7 Å². The molecule has 2 N–H and O–H groups in total. The fourth-order valence-corrected chi connectivity index (χ4v) is 2.43. The predicted molar refractivity (Wildman–Crippen MR) is 65.4 cm³/mol. The van der Waals surface area contributed by atoms with Crippen molar-refractivity contribution in [1.29, 1.82) is 0 Å². The third kappa shape index (κ3) is 2.16. The summed E-state index contributed by atoms with van der Waals surface area (Å²) in [7, 11) is 0. The first kappa shape index (κ1) is 11.3. The van der Waals surface area contributed by atoms with Crippen molar-refractivity contribution >= 4 is 5.95 Å². The Bertz CT molecular complexity index is 353. The number of aryl methyl sites for hydroxylation is 1. The van der Waals surface area contributed by atoms with Crippen LogP contribution in [0.25, 0.3) is 0 Å². The summed E-state index contributed by atoms with van der Waals surface area (Å²) >= 11 is 0. The zero-order chi connectivity index (χ0) is 11.5. The highest BCUT2D eigenvalue weighted by atomic mass is 15.3. The van der Waals surface area contributed by atoms with Gasteiger partial charge in [-0.1, -0.05) is 6.92 Å². The number of anilines is 1. The molecule has 1 aromatic rings. The van der Waals surface area contributed by atoms with Gasteiger partial charge in [-0.15, -0.1) is 0 Å². The number of hydrogen-bond donors (Lipinski definition) is 1. The van der Waals surface area contributed by atoms with E-state index in [0.717, 1.165) is 18.2 Å². The van der Waals surface area contributed by atoms with Gasteiger partial charge in [-0.25, -0.2) is 9.97 Å². The Morgan fingerprint density at radius 3 is 3.06 bits per heavy atom. The third-order valence-electron chi connectivity index (χ3n) is 3.40. The number of rotatable bonds is 2. The molecule has 2 heterocycles. The van der Waals surface area contributed by atoms with Gasteiger partial charge in [0.2, 0.25) is 5.95 Å². The molecular formula is C12H20N4. The van der Waals surface area contributed by atoms with E-state index in [2.05, 4.69) is 21.8 Å². The maximum Gasteiger partial charge on any atom is 0.225 e. The zero-order valence-corrected chi connectivity index (χ0v) is 10.1. The zero-order valence-electron chi connectivity index (χ0n) is 10.1. The summed E-state index contributed by atoms with van der Waals surface area (Å²) in [4.78, 5) is 11.1. The average Bonchev–Trinajstić information content (AvgIpc) is 2.28.